The molecule has 0 saturated carbocycles. The molecule has 2 aromatic carbocycles. The van der Waals surface area contributed by atoms with Crippen molar-refractivity contribution >= 4 is 5.69 Å². The number of aromatic nitrogens is 1. The molecule has 1 aromatic heterocycles. The fourth-order valence-electron chi connectivity index (χ4n) is 4.44. The monoisotopic (exact) mass is 448 g/mol. The van der Waals surface area contributed by atoms with E-state index in [0.29, 0.717) is 0 Å². The predicted octanol–water partition coefficient (Wildman–Crippen LogP) is 4.69. The van der Waals surface area contributed by atoms with Gasteiger partial charge in [-0.15, -0.1) is 0 Å². The minimum Gasteiger partial charge on any atom is -0.496 e. The standard InChI is InChI=1S/C27H36N4O2/c1-4-29(21-24-20-26(28-33-24)25-8-5-6-9-27(25)32-3)14-7-15-30-16-18-31(19-17-30)23-12-10-22(2)11-13-23/h5-6,8-13,20H,4,7,14-19,21H2,1-3H3. The number of benzene rings is 2. The fourth-order valence-corrected chi connectivity index (χ4v) is 4.44. The molecular formula is C27H36N4O2. The highest BCUT2D eigenvalue weighted by molar-refractivity contribution is 5.66. The van der Waals surface area contributed by atoms with Gasteiger partial charge in [-0.2, -0.15) is 0 Å². The van der Waals surface area contributed by atoms with Gasteiger partial charge in [0.1, 0.15) is 11.4 Å². The van der Waals surface area contributed by atoms with Gasteiger partial charge in [0.05, 0.1) is 13.7 Å². The van der Waals surface area contributed by atoms with E-state index in [4.69, 9.17) is 9.26 Å². The second-order valence-corrected chi connectivity index (χ2v) is 8.77. The number of aryl methyl sites for hydroxylation is 1. The first kappa shape index (κ1) is 23.3. The van der Waals surface area contributed by atoms with Crippen molar-refractivity contribution in [2.24, 2.45) is 0 Å². The van der Waals surface area contributed by atoms with Crippen LogP contribution in [0.15, 0.2) is 59.1 Å². The van der Waals surface area contributed by atoms with Gasteiger partial charge in [0.15, 0.2) is 5.76 Å². The number of methoxy groups -OCH3 is 1. The zero-order chi connectivity index (χ0) is 23.0. The Morgan fingerprint density at radius 2 is 1.79 bits per heavy atom. The van der Waals surface area contributed by atoms with E-state index in [9.17, 15) is 0 Å². The Hall–Kier alpha value is -2.83. The van der Waals surface area contributed by atoms with Crippen LogP contribution in [0.1, 0.15) is 24.7 Å². The molecule has 0 amide bonds. The maximum absolute atomic E-state index is 5.65. The van der Waals surface area contributed by atoms with E-state index in [1.54, 1.807) is 7.11 Å². The number of hydrogen-bond acceptors (Lipinski definition) is 6. The summed E-state index contributed by atoms with van der Waals surface area (Å²) in [6, 6.07) is 18.8. The summed E-state index contributed by atoms with van der Waals surface area (Å²) in [5.41, 5.74) is 4.45. The Bertz CT molecular complexity index is 993. The number of anilines is 1. The minimum atomic E-state index is 0.778. The van der Waals surface area contributed by atoms with E-state index in [0.717, 1.165) is 81.5 Å². The molecule has 0 radical (unpaired) electrons. The van der Waals surface area contributed by atoms with Gasteiger partial charge in [-0.05, 0) is 57.2 Å². The van der Waals surface area contributed by atoms with Gasteiger partial charge in [-0.1, -0.05) is 41.9 Å². The molecule has 1 aliphatic heterocycles. The van der Waals surface area contributed by atoms with Gasteiger partial charge >= 0.3 is 0 Å². The molecule has 3 aromatic rings. The van der Waals surface area contributed by atoms with Gasteiger partial charge in [-0.25, -0.2) is 0 Å². The van der Waals surface area contributed by atoms with Crippen LogP contribution in [0, 0.1) is 6.92 Å². The van der Waals surface area contributed by atoms with Crippen molar-refractivity contribution < 1.29 is 9.26 Å². The highest BCUT2D eigenvalue weighted by Crippen LogP contribution is 2.29. The summed E-state index contributed by atoms with van der Waals surface area (Å²) in [4.78, 5) is 7.51. The molecule has 1 aliphatic rings. The van der Waals surface area contributed by atoms with Gasteiger partial charge in [-0.3, -0.25) is 9.80 Å². The summed E-state index contributed by atoms with van der Waals surface area (Å²) in [6.45, 7) is 12.8. The Balaban J connectivity index is 1.22. The van der Waals surface area contributed by atoms with Crippen LogP contribution in [-0.4, -0.2) is 67.9 Å². The number of piperazine rings is 1. The molecule has 1 saturated heterocycles. The van der Waals surface area contributed by atoms with Crippen molar-refractivity contribution in [2.75, 3.05) is 57.8 Å². The molecule has 0 spiro atoms. The number of ether oxygens (including phenoxy) is 1. The molecule has 6 nitrogen and oxygen atoms in total. The van der Waals surface area contributed by atoms with Crippen LogP contribution in [0.5, 0.6) is 5.75 Å². The SMILES string of the molecule is CCN(CCCN1CCN(c2ccc(C)cc2)CC1)Cc1cc(-c2ccccc2OC)no1. The van der Waals surface area contributed by atoms with Crippen molar-refractivity contribution in [1.82, 2.24) is 15.0 Å². The van der Waals surface area contributed by atoms with Gasteiger partial charge in [0.25, 0.3) is 0 Å². The van der Waals surface area contributed by atoms with Gasteiger partial charge in [0.2, 0.25) is 0 Å². The summed E-state index contributed by atoms with van der Waals surface area (Å²) in [5.74, 6) is 1.71. The normalized spacial score (nSPS) is 14.7. The maximum Gasteiger partial charge on any atom is 0.151 e. The number of hydrogen-bond donors (Lipinski definition) is 0. The van der Waals surface area contributed by atoms with Crippen molar-refractivity contribution in [3.8, 4) is 17.0 Å². The van der Waals surface area contributed by atoms with Crippen molar-refractivity contribution in [1.29, 1.82) is 0 Å². The van der Waals surface area contributed by atoms with E-state index in [2.05, 4.69) is 58.0 Å². The van der Waals surface area contributed by atoms with E-state index in [1.165, 1.54) is 11.3 Å². The van der Waals surface area contributed by atoms with Crippen LogP contribution in [-0.2, 0) is 6.54 Å². The topological polar surface area (TPSA) is 45.0 Å². The smallest absolute Gasteiger partial charge is 0.151 e. The van der Waals surface area contributed by atoms with Crippen molar-refractivity contribution in [3.63, 3.8) is 0 Å². The van der Waals surface area contributed by atoms with E-state index in [-0.39, 0.29) is 0 Å². The first-order valence-corrected chi connectivity index (χ1v) is 12.0. The second-order valence-electron chi connectivity index (χ2n) is 8.77. The second kappa shape index (κ2) is 11.3. The molecular weight excluding hydrogens is 412 g/mol. The number of nitrogens with zero attached hydrogens (tertiary/aromatic N) is 4. The molecule has 2 heterocycles. The molecule has 0 bridgehead atoms. The predicted molar refractivity (Wildman–Crippen MR) is 134 cm³/mol. The molecule has 0 N–H and O–H groups in total. The molecule has 0 aliphatic carbocycles. The van der Waals surface area contributed by atoms with Crippen LogP contribution in [0.25, 0.3) is 11.3 Å². The van der Waals surface area contributed by atoms with Crippen LogP contribution in [0.3, 0.4) is 0 Å². The van der Waals surface area contributed by atoms with Crippen LogP contribution < -0.4 is 9.64 Å². The van der Waals surface area contributed by atoms with E-state index < -0.39 is 0 Å². The van der Waals surface area contributed by atoms with Gasteiger partial charge in [0, 0.05) is 43.5 Å². The van der Waals surface area contributed by atoms with E-state index >= 15 is 0 Å². The first-order valence-electron chi connectivity index (χ1n) is 12.0. The molecule has 33 heavy (non-hydrogen) atoms. The maximum atomic E-state index is 5.65. The molecule has 6 heteroatoms. The third-order valence-electron chi connectivity index (χ3n) is 6.49. The molecule has 4 rings (SSSR count). The number of para-hydroxylation sites is 1. The Labute approximate surface area is 197 Å². The van der Waals surface area contributed by atoms with Crippen molar-refractivity contribution in [3.05, 3.63) is 65.9 Å². The van der Waals surface area contributed by atoms with Crippen molar-refractivity contribution in [2.45, 2.75) is 26.8 Å². The summed E-state index contributed by atoms with van der Waals surface area (Å²) in [6.07, 6.45) is 1.16. The number of rotatable bonds is 10. The molecule has 0 unspecified atom stereocenters. The van der Waals surface area contributed by atoms with Gasteiger partial charge < -0.3 is 14.2 Å². The minimum absolute atomic E-state index is 0.778. The Morgan fingerprint density at radius 3 is 2.52 bits per heavy atom. The average molecular weight is 449 g/mol. The van der Waals surface area contributed by atoms with E-state index in [1.807, 2.05) is 30.3 Å². The molecule has 176 valence electrons. The third-order valence-corrected chi connectivity index (χ3v) is 6.49. The highest BCUT2D eigenvalue weighted by Gasteiger charge is 2.18. The Morgan fingerprint density at radius 1 is 1.03 bits per heavy atom. The summed E-state index contributed by atoms with van der Waals surface area (Å²) in [5, 5.41) is 4.28. The lowest BCUT2D eigenvalue weighted by Gasteiger charge is -2.36. The zero-order valence-electron chi connectivity index (χ0n) is 20.2. The summed E-state index contributed by atoms with van der Waals surface area (Å²) >= 11 is 0. The quantitative estimate of drug-likeness (QED) is 0.448. The van der Waals surface area contributed by atoms with Crippen LogP contribution in [0.2, 0.25) is 0 Å². The average Bonchev–Trinajstić information content (AvgIpc) is 3.32. The largest absolute Gasteiger partial charge is 0.496 e. The summed E-state index contributed by atoms with van der Waals surface area (Å²) in [7, 11) is 1.68. The Kier molecular flexibility index (Phi) is 8.02. The molecule has 1 fully saturated rings. The first-order chi connectivity index (χ1) is 16.2. The molecule has 0 atom stereocenters. The highest BCUT2D eigenvalue weighted by atomic mass is 16.5. The lowest BCUT2D eigenvalue weighted by atomic mass is 10.1. The summed E-state index contributed by atoms with van der Waals surface area (Å²) < 4.78 is 11.1. The zero-order valence-corrected chi connectivity index (χ0v) is 20.2. The third kappa shape index (κ3) is 6.15. The van der Waals surface area contributed by atoms with Crippen LogP contribution >= 0.6 is 0 Å². The fraction of sp³-hybridized carbons (Fsp3) is 0.444. The lowest BCUT2D eigenvalue weighted by molar-refractivity contribution is 0.206. The van der Waals surface area contributed by atoms with Crippen LogP contribution in [0.4, 0.5) is 5.69 Å². The lowest BCUT2D eigenvalue weighted by Crippen LogP contribution is -2.47.